The molecular formula is C15H20N4O. The molecule has 1 atom stereocenters. The number of nitrogens with one attached hydrogen (secondary N) is 2. The molecule has 2 N–H and O–H groups in total. The van der Waals surface area contributed by atoms with Crippen LogP contribution >= 0.6 is 0 Å². The molecule has 0 radical (unpaired) electrons. The van der Waals surface area contributed by atoms with Crippen molar-refractivity contribution < 1.29 is 4.79 Å². The minimum absolute atomic E-state index is 0.103. The Balaban J connectivity index is 1.64. The highest BCUT2D eigenvalue weighted by Crippen LogP contribution is 2.15. The summed E-state index contributed by atoms with van der Waals surface area (Å²) in [5.74, 6) is -0.103. The Morgan fingerprint density at radius 2 is 2.15 bits per heavy atom. The standard InChI is InChI=1S/C15H20N4O/c1-11(19-8-4-5-9-19)10-16-15(20)14-12-6-2-3-7-13(12)17-18-14/h2-3,6-7,11H,4-5,8-10H2,1H3,(H,16,20)(H,17,18). The van der Waals surface area contributed by atoms with E-state index in [1.165, 1.54) is 12.8 Å². The lowest BCUT2D eigenvalue weighted by atomic mass is 10.2. The molecule has 0 bridgehead atoms. The number of benzene rings is 1. The normalized spacial score (nSPS) is 17.4. The number of carbonyl (C=O) groups excluding carboxylic acids is 1. The summed E-state index contributed by atoms with van der Waals surface area (Å²) in [5.41, 5.74) is 1.37. The summed E-state index contributed by atoms with van der Waals surface area (Å²) >= 11 is 0. The van der Waals surface area contributed by atoms with Crippen molar-refractivity contribution in [2.45, 2.75) is 25.8 Å². The van der Waals surface area contributed by atoms with Crippen LogP contribution in [0, 0.1) is 0 Å². The molecule has 20 heavy (non-hydrogen) atoms. The fourth-order valence-corrected chi connectivity index (χ4v) is 2.77. The molecule has 1 aliphatic heterocycles. The average Bonchev–Trinajstić information content (AvgIpc) is 3.13. The number of aromatic amines is 1. The first-order chi connectivity index (χ1) is 9.75. The summed E-state index contributed by atoms with van der Waals surface area (Å²) < 4.78 is 0. The fraction of sp³-hybridized carbons (Fsp3) is 0.467. The second-order valence-corrected chi connectivity index (χ2v) is 5.42. The zero-order chi connectivity index (χ0) is 13.9. The van der Waals surface area contributed by atoms with Gasteiger partial charge in [0.2, 0.25) is 0 Å². The van der Waals surface area contributed by atoms with Crippen molar-refractivity contribution in [3.8, 4) is 0 Å². The van der Waals surface area contributed by atoms with E-state index in [0.29, 0.717) is 18.3 Å². The fourth-order valence-electron chi connectivity index (χ4n) is 2.77. The second-order valence-electron chi connectivity index (χ2n) is 5.42. The zero-order valence-corrected chi connectivity index (χ0v) is 11.7. The Hall–Kier alpha value is -1.88. The third kappa shape index (κ3) is 2.54. The molecule has 1 unspecified atom stereocenters. The summed E-state index contributed by atoms with van der Waals surface area (Å²) in [5, 5.41) is 10.9. The molecule has 1 aliphatic rings. The van der Waals surface area contributed by atoms with Crippen LogP contribution in [0.25, 0.3) is 10.9 Å². The van der Waals surface area contributed by atoms with Crippen molar-refractivity contribution in [1.29, 1.82) is 0 Å². The number of hydrogen-bond donors (Lipinski definition) is 2. The summed E-state index contributed by atoms with van der Waals surface area (Å²) in [4.78, 5) is 14.6. The maximum atomic E-state index is 12.2. The van der Waals surface area contributed by atoms with Crippen LogP contribution in [0.2, 0.25) is 0 Å². The molecule has 2 aromatic rings. The molecule has 1 aromatic carbocycles. The van der Waals surface area contributed by atoms with Gasteiger partial charge in [0, 0.05) is 18.0 Å². The van der Waals surface area contributed by atoms with Crippen LogP contribution in [-0.4, -0.2) is 46.7 Å². The molecule has 0 aliphatic carbocycles. The van der Waals surface area contributed by atoms with Gasteiger partial charge in [0.1, 0.15) is 0 Å². The molecule has 1 amide bonds. The monoisotopic (exact) mass is 272 g/mol. The molecule has 1 saturated heterocycles. The molecule has 1 aromatic heterocycles. The first kappa shape index (κ1) is 13.1. The van der Waals surface area contributed by atoms with Gasteiger partial charge in [-0.1, -0.05) is 18.2 Å². The lowest BCUT2D eigenvalue weighted by Crippen LogP contribution is -2.40. The first-order valence-electron chi connectivity index (χ1n) is 7.21. The summed E-state index contributed by atoms with van der Waals surface area (Å²) in [6.45, 7) is 5.11. The largest absolute Gasteiger partial charge is 0.349 e. The topological polar surface area (TPSA) is 61.0 Å². The van der Waals surface area contributed by atoms with Crippen molar-refractivity contribution in [3.63, 3.8) is 0 Å². The maximum Gasteiger partial charge on any atom is 0.272 e. The Morgan fingerprint density at radius 3 is 2.95 bits per heavy atom. The number of likely N-dealkylation sites (tertiary alicyclic amines) is 1. The van der Waals surface area contributed by atoms with Crippen LogP contribution in [0.5, 0.6) is 0 Å². The van der Waals surface area contributed by atoms with E-state index in [4.69, 9.17) is 0 Å². The van der Waals surface area contributed by atoms with Gasteiger partial charge in [-0.15, -0.1) is 0 Å². The molecule has 5 heteroatoms. The number of carbonyl (C=O) groups is 1. The number of aromatic nitrogens is 2. The van der Waals surface area contributed by atoms with Gasteiger partial charge in [-0.05, 0) is 38.9 Å². The highest BCUT2D eigenvalue weighted by molar-refractivity contribution is 6.04. The van der Waals surface area contributed by atoms with Crippen molar-refractivity contribution in [3.05, 3.63) is 30.0 Å². The lowest BCUT2D eigenvalue weighted by Gasteiger charge is -2.23. The Bertz CT molecular complexity index is 601. The highest BCUT2D eigenvalue weighted by Gasteiger charge is 2.19. The quantitative estimate of drug-likeness (QED) is 0.892. The summed E-state index contributed by atoms with van der Waals surface area (Å²) in [7, 11) is 0. The number of fused-ring (bicyclic) bond motifs is 1. The molecule has 1 fully saturated rings. The van der Waals surface area contributed by atoms with Gasteiger partial charge in [0.15, 0.2) is 5.69 Å². The van der Waals surface area contributed by atoms with Crippen LogP contribution in [0.3, 0.4) is 0 Å². The first-order valence-corrected chi connectivity index (χ1v) is 7.21. The van der Waals surface area contributed by atoms with E-state index in [-0.39, 0.29) is 5.91 Å². The minimum atomic E-state index is -0.103. The second kappa shape index (κ2) is 5.63. The highest BCUT2D eigenvalue weighted by atomic mass is 16.1. The van der Waals surface area contributed by atoms with E-state index < -0.39 is 0 Å². The molecule has 2 heterocycles. The molecule has 3 rings (SSSR count). The SMILES string of the molecule is CC(CNC(=O)c1n[nH]c2ccccc12)N1CCCC1. The van der Waals surface area contributed by atoms with E-state index in [1.807, 2.05) is 24.3 Å². The molecule has 0 spiro atoms. The van der Waals surface area contributed by atoms with Crippen molar-refractivity contribution >= 4 is 16.8 Å². The number of amides is 1. The zero-order valence-electron chi connectivity index (χ0n) is 11.7. The van der Waals surface area contributed by atoms with Crippen molar-refractivity contribution in [1.82, 2.24) is 20.4 Å². The molecular weight excluding hydrogens is 252 g/mol. The molecule has 0 saturated carbocycles. The predicted octanol–water partition coefficient (Wildman–Crippen LogP) is 1.78. The van der Waals surface area contributed by atoms with Crippen LogP contribution in [0.4, 0.5) is 0 Å². The minimum Gasteiger partial charge on any atom is -0.349 e. The van der Waals surface area contributed by atoms with Crippen molar-refractivity contribution in [2.24, 2.45) is 0 Å². The van der Waals surface area contributed by atoms with Crippen LogP contribution in [0.1, 0.15) is 30.3 Å². The van der Waals surface area contributed by atoms with Crippen molar-refractivity contribution in [2.75, 3.05) is 19.6 Å². The Morgan fingerprint density at radius 1 is 1.40 bits per heavy atom. The van der Waals surface area contributed by atoms with E-state index >= 15 is 0 Å². The van der Waals surface area contributed by atoms with E-state index in [0.717, 1.165) is 24.0 Å². The Kier molecular flexibility index (Phi) is 3.69. The van der Waals surface area contributed by atoms with E-state index in [1.54, 1.807) is 0 Å². The molecule has 5 nitrogen and oxygen atoms in total. The number of rotatable bonds is 4. The van der Waals surface area contributed by atoms with Gasteiger partial charge in [0.05, 0.1) is 5.52 Å². The van der Waals surface area contributed by atoms with Gasteiger partial charge in [-0.2, -0.15) is 5.10 Å². The van der Waals surface area contributed by atoms with Gasteiger partial charge in [0.25, 0.3) is 5.91 Å². The lowest BCUT2D eigenvalue weighted by molar-refractivity contribution is 0.0937. The molecule has 106 valence electrons. The third-order valence-electron chi connectivity index (χ3n) is 4.01. The Labute approximate surface area is 118 Å². The van der Waals surface area contributed by atoms with Gasteiger partial charge < -0.3 is 5.32 Å². The smallest absolute Gasteiger partial charge is 0.272 e. The number of para-hydroxylation sites is 1. The van der Waals surface area contributed by atoms with E-state index in [2.05, 4.69) is 27.3 Å². The summed E-state index contributed by atoms with van der Waals surface area (Å²) in [6, 6.07) is 8.06. The average molecular weight is 272 g/mol. The van der Waals surface area contributed by atoms with Crippen LogP contribution in [-0.2, 0) is 0 Å². The summed E-state index contributed by atoms with van der Waals surface area (Å²) in [6.07, 6.45) is 2.53. The van der Waals surface area contributed by atoms with Gasteiger partial charge in [-0.3, -0.25) is 14.8 Å². The predicted molar refractivity (Wildman–Crippen MR) is 78.7 cm³/mol. The van der Waals surface area contributed by atoms with E-state index in [9.17, 15) is 4.79 Å². The van der Waals surface area contributed by atoms with Crippen LogP contribution < -0.4 is 5.32 Å². The van der Waals surface area contributed by atoms with Crippen LogP contribution in [0.15, 0.2) is 24.3 Å². The maximum absolute atomic E-state index is 12.2. The van der Waals surface area contributed by atoms with Gasteiger partial charge >= 0.3 is 0 Å². The number of nitrogens with zero attached hydrogens (tertiary/aromatic N) is 2. The third-order valence-corrected chi connectivity index (χ3v) is 4.01. The van der Waals surface area contributed by atoms with Gasteiger partial charge in [-0.25, -0.2) is 0 Å². The number of H-pyrrole nitrogens is 1. The number of hydrogen-bond acceptors (Lipinski definition) is 3.